The van der Waals surface area contributed by atoms with Gasteiger partial charge in [-0.15, -0.1) is 0 Å². The van der Waals surface area contributed by atoms with Crippen LogP contribution < -0.4 is 11.2 Å². The molecule has 1 aromatic carbocycles. The molecular weight excluding hydrogens is 164 g/mol. The highest BCUT2D eigenvalue weighted by molar-refractivity contribution is 5.67. The van der Waals surface area contributed by atoms with Crippen molar-refractivity contribution in [3.8, 4) is 6.07 Å². The summed E-state index contributed by atoms with van der Waals surface area (Å²) in [6.45, 7) is 0. The van der Waals surface area contributed by atoms with Crippen LogP contribution in [0.3, 0.4) is 0 Å². The van der Waals surface area contributed by atoms with Crippen molar-refractivity contribution in [2.45, 2.75) is 0 Å². The van der Waals surface area contributed by atoms with E-state index in [9.17, 15) is 0 Å². The summed E-state index contributed by atoms with van der Waals surface area (Å²) < 4.78 is 0. The minimum absolute atomic E-state index is 0.596. The zero-order valence-electron chi connectivity index (χ0n) is 7.70. The molecule has 1 aromatic rings. The van der Waals surface area contributed by atoms with E-state index in [4.69, 9.17) is 11.0 Å². The van der Waals surface area contributed by atoms with Crippen LogP contribution in [0.2, 0.25) is 0 Å². The maximum atomic E-state index is 8.65. The molecule has 0 bridgehead atoms. The Morgan fingerprint density at radius 1 is 1.46 bits per heavy atom. The third-order valence-corrected chi connectivity index (χ3v) is 1.53. The first-order valence-electron chi connectivity index (χ1n) is 3.87. The van der Waals surface area contributed by atoms with Gasteiger partial charge in [-0.2, -0.15) is 5.26 Å². The van der Waals surface area contributed by atoms with Crippen LogP contribution in [0.4, 0.5) is 11.4 Å². The van der Waals surface area contributed by atoms with Crippen LogP contribution in [0.25, 0.3) is 0 Å². The predicted molar refractivity (Wildman–Crippen MR) is 52.9 cm³/mol. The van der Waals surface area contributed by atoms with Crippen molar-refractivity contribution in [2.24, 2.45) is 0 Å². The number of hydrogen-bond donors (Lipinski definition) is 2. The van der Waals surface area contributed by atoms with Crippen molar-refractivity contribution in [2.75, 3.05) is 25.3 Å². The molecule has 4 heteroatoms. The monoisotopic (exact) mass is 176 g/mol. The zero-order chi connectivity index (χ0) is 9.84. The highest BCUT2D eigenvalue weighted by Crippen LogP contribution is 2.19. The molecule has 0 amide bonds. The van der Waals surface area contributed by atoms with Gasteiger partial charge in [-0.3, -0.25) is 0 Å². The normalized spacial score (nSPS) is 9.69. The molecule has 0 aliphatic carbocycles. The lowest BCUT2D eigenvalue weighted by atomic mass is 10.2. The molecule has 0 aromatic heterocycles. The molecular formula is C9H12N4. The van der Waals surface area contributed by atoms with E-state index in [1.807, 2.05) is 14.1 Å². The number of nitrogens with two attached hydrogens (primary N) is 1. The summed E-state index contributed by atoms with van der Waals surface area (Å²) in [5.74, 6) is 0. The molecule has 0 saturated carbocycles. The van der Waals surface area contributed by atoms with Crippen molar-refractivity contribution in [1.82, 2.24) is 5.01 Å². The highest BCUT2D eigenvalue weighted by Gasteiger charge is 2.00. The third-order valence-electron chi connectivity index (χ3n) is 1.53. The molecule has 0 unspecified atom stereocenters. The number of nitrogens with one attached hydrogen (secondary N) is 1. The first-order chi connectivity index (χ1) is 6.13. The van der Waals surface area contributed by atoms with Crippen molar-refractivity contribution in [1.29, 1.82) is 5.26 Å². The first kappa shape index (κ1) is 9.36. The Bertz CT molecular complexity index is 338. The number of benzene rings is 1. The number of hydrazine groups is 1. The van der Waals surface area contributed by atoms with E-state index in [-0.39, 0.29) is 0 Å². The van der Waals surface area contributed by atoms with Crippen LogP contribution in [0.15, 0.2) is 18.2 Å². The van der Waals surface area contributed by atoms with Crippen LogP contribution in [0, 0.1) is 11.3 Å². The summed E-state index contributed by atoms with van der Waals surface area (Å²) in [5, 5.41) is 10.4. The lowest BCUT2D eigenvalue weighted by Gasteiger charge is -2.15. The Hall–Kier alpha value is -1.73. The smallest absolute Gasteiger partial charge is 0.0992 e. The molecule has 68 valence electrons. The van der Waals surface area contributed by atoms with Gasteiger partial charge in [0, 0.05) is 14.1 Å². The Kier molecular flexibility index (Phi) is 2.72. The van der Waals surface area contributed by atoms with Gasteiger partial charge < -0.3 is 11.2 Å². The second kappa shape index (κ2) is 3.78. The predicted octanol–water partition coefficient (Wildman–Crippen LogP) is 1.03. The lowest BCUT2D eigenvalue weighted by molar-refractivity contribution is 0.496. The molecule has 0 atom stereocenters. The maximum absolute atomic E-state index is 8.65. The van der Waals surface area contributed by atoms with Gasteiger partial charge in [0.25, 0.3) is 0 Å². The van der Waals surface area contributed by atoms with Gasteiger partial charge >= 0.3 is 0 Å². The van der Waals surface area contributed by atoms with Crippen molar-refractivity contribution in [3.63, 3.8) is 0 Å². The second-order valence-electron chi connectivity index (χ2n) is 2.92. The highest BCUT2D eigenvalue weighted by atomic mass is 15.5. The molecule has 0 aliphatic heterocycles. The van der Waals surface area contributed by atoms with Gasteiger partial charge in [-0.25, -0.2) is 5.01 Å². The maximum Gasteiger partial charge on any atom is 0.0992 e. The molecule has 0 aliphatic rings. The van der Waals surface area contributed by atoms with Crippen LogP contribution >= 0.6 is 0 Å². The Morgan fingerprint density at radius 2 is 2.15 bits per heavy atom. The minimum Gasteiger partial charge on any atom is -0.397 e. The second-order valence-corrected chi connectivity index (χ2v) is 2.92. The topological polar surface area (TPSA) is 65.1 Å². The summed E-state index contributed by atoms with van der Waals surface area (Å²) in [6, 6.07) is 7.17. The Balaban J connectivity index is 2.99. The van der Waals surface area contributed by atoms with Crippen molar-refractivity contribution in [3.05, 3.63) is 23.8 Å². The molecule has 0 saturated heterocycles. The number of nitrogens with zero attached hydrogens (tertiary/aromatic N) is 2. The average molecular weight is 176 g/mol. The summed E-state index contributed by atoms with van der Waals surface area (Å²) in [6.07, 6.45) is 0. The summed E-state index contributed by atoms with van der Waals surface area (Å²) in [7, 11) is 3.72. The van der Waals surface area contributed by atoms with E-state index < -0.39 is 0 Å². The Labute approximate surface area is 77.5 Å². The van der Waals surface area contributed by atoms with E-state index in [2.05, 4.69) is 11.5 Å². The lowest BCUT2D eigenvalue weighted by Crippen LogP contribution is -2.20. The van der Waals surface area contributed by atoms with Gasteiger partial charge in [0.1, 0.15) is 0 Å². The van der Waals surface area contributed by atoms with Crippen molar-refractivity contribution < 1.29 is 0 Å². The number of nitriles is 1. The molecule has 4 nitrogen and oxygen atoms in total. The van der Waals surface area contributed by atoms with Gasteiger partial charge in [-0.05, 0) is 18.2 Å². The Morgan fingerprint density at radius 3 is 2.69 bits per heavy atom. The number of rotatable bonds is 2. The molecule has 0 fully saturated rings. The fourth-order valence-corrected chi connectivity index (χ4v) is 0.964. The van der Waals surface area contributed by atoms with Gasteiger partial charge in [-0.1, -0.05) is 0 Å². The van der Waals surface area contributed by atoms with E-state index in [1.54, 1.807) is 23.2 Å². The van der Waals surface area contributed by atoms with Crippen LogP contribution in [-0.2, 0) is 0 Å². The molecule has 3 N–H and O–H groups in total. The number of anilines is 2. The number of hydrogen-bond acceptors (Lipinski definition) is 4. The van der Waals surface area contributed by atoms with Crippen LogP contribution in [0.5, 0.6) is 0 Å². The van der Waals surface area contributed by atoms with E-state index in [1.165, 1.54) is 0 Å². The van der Waals surface area contributed by atoms with Crippen LogP contribution in [0.1, 0.15) is 5.56 Å². The van der Waals surface area contributed by atoms with Gasteiger partial charge in [0.05, 0.1) is 23.0 Å². The third kappa shape index (κ3) is 2.36. The molecule has 0 radical (unpaired) electrons. The number of nitrogen functional groups attached to an aromatic ring is 1. The van der Waals surface area contributed by atoms with Crippen LogP contribution in [-0.4, -0.2) is 19.1 Å². The summed E-state index contributed by atoms with van der Waals surface area (Å²) in [4.78, 5) is 0. The fraction of sp³-hybridized carbons (Fsp3) is 0.222. The SMILES string of the molecule is CN(C)Nc1cc(C#N)ccc1N. The van der Waals surface area contributed by atoms with E-state index in [0.29, 0.717) is 11.3 Å². The molecule has 1 rings (SSSR count). The van der Waals surface area contributed by atoms with E-state index in [0.717, 1.165) is 5.69 Å². The fourth-order valence-electron chi connectivity index (χ4n) is 0.964. The van der Waals surface area contributed by atoms with E-state index >= 15 is 0 Å². The minimum atomic E-state index is 0.596. The molecule has 0 heterocycles. The summed E-state index contributed by atoms with van der Waals surface area (Å²) in [5.41, 5.74) is 10.7. The quantitative estimate of drug-likeness (QED) is 0.521. The average Bonchev–Trinajstić information content (AvgIpc) is 2.08. The first-order valence-corrected chi connectivity index (χ1v) is 3.87. The standard InChI is InChI=1S/C9H12N4/c1-13(2)12-9-5-7(6-10)3-4-8(9)11/h3-5,12H,11H2,1-2H3. The van der Waals surface area contributed by atoms with Crippen molar-refractivity contribution >= 4 is 11.4 Å². The molecule has 13 heavy (non-hydrogen) atoms. The zero-order valence-corrected chi connectivity index (χ0v) is 7.70. The molecule has 0 spiro atoms. The van der Waals surface area contributed by atoms with Gasteiger partial charge in [0.15, 0.2) is 0 Å². The van der Waals surface area contributed by atoms with Gasteiger partial charge in [0.2, 0.25) is 0 Å². The largest absolute Gasteiger partial charge is 0.397 e. The summed E-state index contributed by atoms with van der Waals surface area (Å²) >= 11 is 0.